The zero-order chi connectivity index (χ0) is 42.6. The minimum absolute atomic E-state index is 0.0706. The van der Waals surface area contributed by atoms with Crippen molar-refractivity contribution in [2.75, 3.05) is 52.4 Å². The molecule has 314 valence electrons. The molecule has 1 aromatic rings. The van der Waals surface area contributed by atoms with Gasteiger partial charge in [-0.1, -0.05) is 12.1 Å². The molecule has 1 atom stereocenters. The van der Waals surface area contributed by atoms with Gasteiger partial charge in [0.15, 0.2) is 0 Å². The number of benzene rings is 1. The lowest BCUT2D eigenvalue weighted by atomic mass is 10.0. The number of phenolic OH excluding ortho intramolecular Hbond substituents is 1. The monoisotopic (exact) mass is 779 g/mol. The van der Waals surface area contributed by atoms with Gasteiger partial charge in [-0.3, -0.25) is 38.7 Å². The first kappa shape index (κ1) is 49.3. The Hall–Kier alpha value is -3.75. The molecule has 14 heteroatoms. The summed E-state index contributed by atoms with van der Waals surface area (Å²) >= 11 is 0. The number of nitrogens with zero attached hydrogens (tertiary/aromatic N) is 3. The van der Waals surface area contributed by atoms with Gasteiger partial charge in [0.25, 0.3) is 0 Å². The molecule has 0 aliphatic carbocycles. The van der Waals surface area contributed by atoms with E-state index in [4.69, 9.17) is 23.7 Å². The summed E-state index contributed by atoms with van der Waals surface area (Å²) in [4.78, 5) is 71.1. The Balaban J connectivity index is 3.71. The van der Waals surface area contributed by atoms with E-state index in [1.807, 2.05) is 0 Å². The van der Waals surface area contributed by atoms with Crippen molar-refractivity contribution in [3.8, 4) is 5.75 Å². The van der Waals surface area contributed by atoms with Gasteiger partial charge in [0.1, 0.15) is 33.8 Å². The summed E-state index contributed by atoms with van der Waals surface area (Å²) in [6.07, 6.45) is 0.288. The minimum atomic E-state index is -0.796. The molecule has 1 N–H and O–H groups in total. The van der Waals surface area contributed by atoms with E-state index in [0.29, 0.717) is 0 Å². The molecule has 0 unspecified atom stereocenters. The molecule has 0 fully saturated rings. The maximum absolute atomic E-state index is 13.4. The van der Waals surface area contributed by atoms with Crippen molar-refractivity contribution in [3.05, 3.63) is 29.8 Å². The molecule has 1 aromatic carbocycles. The van der Waals surface area contributed by atoms with Crippen molar-refractivity contribution >= 4 is 29.8 Å². The molecule has 0 radical (unpaired) electrons. The molecule has 14 nitrogen and oxygen atoms in total. The van der Waals surface area contributed by atoms with E-state index in [1.54, 1.807) is 143 Å². The molecule has 0 spiro atoms. The van der Waals surface area contributed by atoms with Gasteiger partial charge in [0.05, 0.1) is 32.7 Å². The number of carbonyl (C=O) groups excluding carboxylic acids is 5. The predicted octanol–water partition coefficient (Wildman–Crippen LogP) is 4.92. The van der Waals surface area contributed by atoms with E-state index in [0.717, 1.165) is 5.56 Å². The molecule has 0 amide bonds. The number of aromatic hydroxyl groups is 1. The maximum Gasteiger partial charge on any atom is 0.320 e. The lowest BCUT2D eigenvalue weighted by Crippen LogP contribution is -2.52. The van der Waals surface area contributed by atoms with Crippen molar-refractivity contribution in [2.24, 2.45) is 0 Å². The Morgan fingerprint density at radius 2 is 0.782 bits per heavy atom. The largest absolute Gasteiger partial charge is 0.508 e. The number of hydrogen-bond acceptors (Lipinski definition) is 14. The third-order valence-electron chi connectivity index (χ3n) is 6.95. The van der Waals surface area contributed by atoms with Crippen molar-refractivity contribution in [1.29, 1.82) is 0 Å². The SMILES string of the molecule is CC(C)(C)OC(=O)CN(CCN(CC(=O)OC(C)(C)C)C[C@H](Cc1ccc(O)cc1)N(CC(=O)OC(C)(C)C)CC(=O)OC(C)(C)C)CC(=O)OC(C)(C)C. The van der Waals surface area contributed by atoms with Crippen LogP contribution in [0.3, 0.4) is 0 Å². The number of hydrogen-bond donors (Lipinski definition) is 1. The van der Waals surface area contributed by atoms with Gasteiger partial charge < -0.3 is 28.8 Å². The van der Waals surface area contributed by atoms with Gasteiger partial charge in [-0.2, -0.15) is 0 Å². The summed E-state index contributed by atoms with van der Waals surface area (Å²) in [5.41, 5.74) is -3.11. The summed E-state index contributed by atoms with van der Waals surface area (Å²) in [6.45, 7) is 25.5. The Labute approximate surface area is 329 Å². The fraction of sp³-hybridized carbons (Fsp3) is 0.732. The Morgan fingerprint density at radius 1 is 0.491 bits per heavy atom. The van der Waals surface area contributed by atoms with Crippen LogP contribution < -0.4 is 0 Å². The highest BCUT2D eigenvalue weighted by molar-refractivity contribution is 5.76. The first-order valence-corrected chi connectivity index (χ1v) is 18.8. The minimum Gasteiger partial charge on any atom is -0.508 e. The maximum atomic E-state index is 13.4. The highest BCUT2D eigenvalue weighted by Gasteiger charge is 2.32. The van der Waals surface area contributed by atoms with Gasteiger partial charge in [0.2, 0.25) is 0 Å². The van der Waals surface area contributed by atoms with Gasteiger partial charge in [0, 0.05) is 25.7 Å². The fourth-order valence-electron chi connectivity index (χ4n) is 5.31. The van der Waals surface area contributed by atoms with Crippen LogP contribution in [-0.2, 0) is 54.1 Å². The van der Waals surface area contributed by atoms with E-state index in [9.17, 15) is 29.1 Å². The number of carbonyl (C=O) groups is 5. The quantitative estimate of drug-likeness (QED) is 0.158. The zero-order valence-electron chi connectivity index (χ0n) is 36.1. The third kappa shape index (κ3) is 25.1. The van der Waals surface area contributed by atoms with Crippen LogP contribution in [0.1, 0.15) is 109 Å². The Bertz CT molecular complexity index is 1350. The number of rotatable bonds is 18. The first-order valence-electron chi connectivity index (χ1n) is 18.8. The van der Waals surface area contributed by atoms with Crippen molar-refractivity contribution < 1.29 is 52.8 Å². The average molecular weight is 780 g/mol. The van der Waals surface area contributed by atoms with Crippen LogP contribution in [0.5, 0.6) is 5.75 Å². The average Bonchev–Trinajstić information content (AvgIpc) is 2.91. The highest BCUT2D eigenvalue weighted by Crippen LogP contribution is 2.19. The van der Waals surface area contributed by atoms with E-state index in [2.05, 4.69) is 0 Å². The Morgan fingerprint density at radius 3 is 1.11 bits per heavy atom. The summed E-state index contributed by atoms with van der Waals surface area (Å²) in [7, 11) is 0. The third-order valence-corrected chi connectivity index (χ3v) is 6.95. The van der Waals surface area contributed by atoms with Gasteiger partial charge in [-0.15, -0.1) is 0 Å². The standard InChI is InChI=1S/C41H69N3O11/c1-37(2,3)51-32(46)24-42(20-21-43(25-33(47)52-38(4,5)6)26-34(48)53-39(7,8)9)23-30(22-29-16-18-31(45)19-17-29)44(27-35(49)54-40(10,11)12)28-36(50)55-41(13,14)15/h16-19,30,45H,20-28H2,1-15H3/t30-/m0/s1. The fourth-order valence-corrected chi connectivity index (χ4v) is 5.31. The zero-order valence-corrected chi connectivity index (χ0v) is 36.1. The van der Waals surface area contributed by atoms with Crippen molar-refractivity contribution in [3.63, 3.8) is 0 Å². The molecule has 0 aliphatic heterocycles. The first-order chi connectivity index (χ1) is 24.8. The van der Waals surface area contributed by atoms with E-state index >= 15 is 0 Å². The molecule has 0 saturated heterocycles. The van der Waals surface area contributed by atoms with Crippen molar-refractivity contribution in [1.82, 2.24) is 14.7 Å². The summed E-state index contributed by atoms with van der Waals surface area (Å²) in [5, 5.41) is 10.0. The normalized spacial score (nSPS) is 13.4. The van der Waals surface area contributed by atoms with Crippen LogP contribution in [0.4, 0.5) is 0 Å². The van der Waals surface area contributed by atoms with Crippen LogP contribution in [-0.4, -0.2) is 136 Å². The van der Waals surface area contributed by atoms with Gasteiger partial charge >= 0.3 is 29.8 Å². The lowest BCUT2D eigenvalue weighted by Gasteiger charge is -2.36. The second-order valence-corrected chi connectivity index (χ2v) is 18.8. The molecule has 0 aromatic heterocycles. The predicted molar refractivity (Wildman–Crippen MR) is 209 cm³/mol. The molecule has 55 heavy (non-hydrogen) atoms. The number of esters is 5. The highest BCUT2D eigenvalue weighted by atomic mass is 16.6. The molecular weight excluding hydrogens is 710 g/mol. The molecule has 0 bridgehead atoms. The molecule has 0 heterocycles. The lowest BCUT2D eigenvalue weighted by molar-refractivity contribution is -0.162. The van der Waals surface area contributed by atoms with Crippen LogP contribution in [0.2, 0.25) is 0 Å². The molecule has 1 rings (SSSR count). The van der Waals surface area contributed by atoms with Gasteiger partial charge in [-0.25, -0.2) is 0 Å². The van der Waals surface area contributed by atoms with E-state index < -0.39 is 63.9 Å². The van der Waals surface area contributed by atoms with E-state index in [-0.39, 0.29) is 64.5 Å². The van der Waals surface area contributed by atoms with Crippen LogP contribution in [0.15, 0.2) is 24.3 Å². The molecule has 0 saturated carbocycles. The summed E-state index contributed by atoms with van der Waals surface area (Å²) < 4.78 is 28.1. The summed E-state index contributed by atoms with van der Waals surface area (Å²) in [6, 6.07) is 5.97. The summed E-state index contributed by atoms with van der Waals surface area (Å²) in [5.74, 6) is -2.66. The number of ether oxygens (including phenoxy) is 5. The number of phenols is 1. The topological polar surface area (TPSA) is 161 Å². The second kappa shape index (κ2) is 20.4. The van der Waals surface area contributed by atoms with Gasteiger partial charge in [-0.05, 0) is 128 Å². The smallest absolute Gasteiger partial charge is 0.320 e. The second-order valence-electron chi connectivity index (χ2n) is 18.8. The Kier molecular flexibility index (Phi) is 18.3. The molecular formula is C41H69N3O11. The van der Waals surface area contributed by atoms with E-state index in [1.165, 1.54) is 0 Å². The van der Waals surface area contributed by atoms with Crippen LogP contribution in [0.25, 0.3) is 0 Å². The van der Waals surface area contributed by atoms with Crippen LogP contribution in [0, 0.1) is 0 Å². The van der Waals surface area contributed by atoms with Crippen molar-refractivity contribution in [2.45, 2.75) is 144 Å². The van der Waals surface area contributed by atoms with Crippen LogP contribution >= 0.6 is 0 Å². The molecule has 0 aliphatic rings.